The van der Waals surface area contributed by atoms with Gasteiger partial charge in [-0.25, -0.2) is 0 Å². The molecule has 1 aromatic carbocycles. The molecule has 2 rings (SSSR count). The van der Waals surface area contributed by atoms with E-state index in [9.17, 15) is 9.59 Å². The molecular formula is C14H18ClN3O3. The average Bonchev–Trinajstić information content (AvgIpc) is 2.50. The van der Waals surface area contributed by atoms with Crippen LogP contribution in [0.4, 0.5) is 5.69 Å². The average molecular weight is 312 g/mol. The predicted molar refractivity (Wildman–Crippen MR) is 80.4 cm³/mol. The Hall–Kier alpha value is -1.63. The van der Waals surface area contributed by atoms with Gasteiger partial charge in [-0.15, -0.1) is 0 Å². The van der Waals surface area contributed by atoms with Crippen LogP contribution in [0.5, 0.6) is 0 Å². The number of ether oxygens (including phenoxy) is 1. The fraction of sp³-hybridized carbons (Fsp3) is 0.429. The highest BCUT2D eigenvalue weighted by molar-refractivity contribution is 6.41. The molecule has 7 heteroatoms. The van der Waals surface area contributed by atoms with Crippen LogP contribution in [0.25, 0.3) is 0 Å². The van der Waals surface area contributed by atoms with Crippen molar-refractivity contribution >= 4 is 29.1 Å². The Labute approximate surface area is 128 Å². The molecule has 0 atom stereocenters. The zero-order chi connectivity index (χ0) is 15.1. The Balaban J connectivity index is 1.72. The number of hydrogen-bond donors (Lipinski definition) is 2. The molecule has 0 radical (unpaired) electrons. The summed E-state index contributed by atoms with van der Waals surface area (Å²) in [5.41, 5.74) is 0.424. The second kappa shape index (κ2) is 7.97. The molecule has 1 heterocycles. The van der Waals surface area contributed by atoms with Crippen LogP contribution in [0.3, 0.4) is 0 Å². The Morgan fingerprint density at radius 1 is 1.19 bits per heavy atom. The molecule has 1 aliphatic heterocycles. The van der Waals surface area contributed by atoms with Gasteiger partial charge in [-0.1, -0.05) is 23.7 Å². The normalized spacial score (nSPS) is 15.5. The summed E-state index contributed by atoms with van der Waals surface area (Å²) in [7, 11) is 0. The summed E-state index contributed by atoms with van der Waals surface area (Å²) in [6, 6.07) is 6.77. The van der Waals surface area contributed by atoms with E-state index in [1.165, 1.54) is 0 Å². The highest BCUT2D eigenvalue weighted by Crippen LogP contribution is 2.20. The van der Waals surface area contributed by atoms with Crippen LogP contribution in [0, 0.1) is 0 Å². The van der Waals surface area contributed by atoms with Gasteiger partial charge in [0.1, 0.15) is 0 Å². The number of amides is 2. The lowest BCUT2D eigenvalue weighted by atomic mass is 10.3. The second-order valence-electron chi connectivity index (χ2n) is 4.64. The van der Waals surface area contributed by atoms with Gasteiger partial charge in [-0.2, -0.15) is 0 Å². The third-order valence-electron chi connectivity index (χ3n) is 3.15. The molecule has 0 aromatic heterocycles. The summed E-state index contributed by atoms with van der Waals surface area (Å²) in [4.78, 5) is 25.6. The van der Waals surface area contributed by atoms with Crippen LogP contribution in [0.15, 0.2) is 24.3 Å². The maximum absolute atomic E-state index is 11.7. The number of carbonyl (C=O) groups is 2. The molecule has 0 saturated carbocycles. The lowest BCUT2D eigenvalue weighted by Gasteiger charge is -2.26. The first kappa shape index (κ1) is 15.8. The minimum Gasteiger partial charge on any atom is -0.379 e. The van der Waals surface area contributed by atoms with Crippen LogP contribution >= 0.6 is 11.6 Å². The quantitative estimate of drug-likeness (QED) is 0.804. The van der Waals surface area contributed by atoms with E-state index in [4.69, 9.17) is 16.3 Å². The smallest absolute Gasteiger partial charge is 0.313 e. The molecule has 2 amide bonds. The van der Waals surface area contributed by atoms with E-state index in [2.05, 4.69) is 15.5 Å². The number of benzene rings is 1. The zero-order valence-electron chi connectivity index (χ0n) is 11.6. The number of morpholine rings is 1. The monoisotopic (exact) mass is 311 g/mol. The maximum atomic E-state index is 11.7. The van der Waals surface area contributed by atoms with Gasteiger partial charge in [0.25, 0.3) is 0 Å². The van der Waals surface area contributed by atoms with Crippen molar-refractivity contribution in [3.05, 3.63) is 29.3 Å². The van der Waals surface area contributed by atoms with Crippen molar-refractivity contribution in [2.24, 2.45) is 0 Å². The van der Waals surface area contributed by atoms with Crippen molar-refractivity contribution in [3.63, 3.8) is 0 Å². The van der Waals surface area contributed by atoms with Gasteiger partial charge in [0, 0.05) is 26.2 Å². The largest absolute Gasteiger partial charge is 0.379 e. The van der Waals surface area contributed by atoms with Crippen molar-refractivity contribution < 1.29 is 14.3 Å². The molecule has 6 nitrogen and oxygen atoms in total. The van der Waals surface area contributed by atoms with E-state index in [1.807, 2.05) is 0 Å². The van der Waals surface area contributed by atoms with Gasteiger partial charge < -0.3 is 15.4 Å². The summed E-state index contributed by atoms with van der Waals surface area (Å²) >= 11 is 5.91. The fourth-order valence-electron chi connectivity index (χ4n) is 1.97. The topological polar surface area (TPSA) is 70.7 Å². The summed E-state index contributed by atoms with van der Waals surface area (Å²) in [5.74, 6) is -1.38. The van der Waals surface area contributed by atoms with Crippen molar-refractivity contribution in [1.82, 2.24) is 10.2 Å². The standard InChI is InChI=1S/C14H18ClN3O3/c15-11-3-1-2-4-12(11)17-14(20)13(19)16-5-6-18-7-9-21-10-8-18/h1-4H,5-10H2,(H,16,19)(H,17,20). The van der Waals surface area contributed by atoms with E-state index in [1.54, 1.807) is 24.3 Å². The van der Waals surface area contributed by atoms with E-state index in [0.717, 1.165) is 13.1 Å². The number of rotatable bonds is 4. The van der Waals surface area contributed by atoms with Gasteiger partial charge in [-0.3, -0.25) is 14.5 Å². The molecular weight excluding hydrogens is 294 g/mol. The number of carbonyl (C=O) groups excluding carboxylic acids is 2. The minimum absolute atomic E-state index is 0.395. The summed E-state index contributed by atoms with van der Waals surface area (Å²) in [6.45, 7) is 4.24. The first-order valence-corrected chi connectivity index (χ1v) is 7.18. The Bertz CT molecular complexity index is 504. The first-order valence-electron chi connectivity index (χ1n) is 6.80. The summed E-state index contributed by atoms with van der Waals surface area (Å²) < 4.78 is 5.24. The van der Waals surface area contributed by atoms with E-state index < -0.39 is 11.8 Å². The number of hydrogen-bond acceptors (Lipinski definition) is 4. The number of para-hydroxylation sites is 1. The second-order valence-corrected chi connectivity index (χ2v) is 5.05. The van der Waals surface area contributed by atoms with Gasteiger partial charge in [0.15, 0.2) is 0 Å². The summed E-state index contributed by atoms with van der Waals surface area (Å²) in [5, 5.41) is 5.47. The number of anilines is 1. The van der Waals surface area contributed by atoms with Crippen LogP contribution in [-0.2, 0) is 14.3 Å². The molecule has 21 heavy (non-hydrogen) atoms. The lowest BCUT2D eigenvalue weighted by Crippen LogP contribution is -2.43. The Morgan fingerprint density at radius 2 is 1.90 bits per heavy atom. The minimum atomic E-state index is -0.718. The fourth-order valence-corrected chi connectivity index (χ4v) is 2.16. The molecule has 0 spiro atoms. The summed E-state index contributed by atoms with van der Waals surface area (Å²) in [6.07, 6.45) is 0. The molecule has 0 bridgehead atoms. The molecule has 1 aromatic rings. The number of halogens is 1. The molecule has 1 saturated heterocycles. The van der Waals surface area contributed by atoms with E-state index in [-0.39, 0.29) is 0 Å². The number of nitrogens with one attached hydrogen (secondary N) is 2. The van der Waals surface area contributed by atoms with Gasteiger partial charge in [0.2, 0.25) is 0 Å². The maximum Gasteiger partial charge on any atom is 0.313 e. The third-order valence-corrected chi connectivity index (χ3v) is 3.48. The van der Waals surface area contributed by atoms with Gasteiger partial charge >= 0.3 is 11.8 Å². The highest BCUT2D eigenvalue weighted by Gasteiger charge is 2.15. The molecule has 114 valence electrons. The van der Waals surface area contributed by atoms with Crippen molar-refractivity contribution in [1.29, 1.82) is 0 Å². The van der Waals surface area contributed by atoms with Crippen LogP contribution in [0.2, 0.25) is 5.02 Å². The van der Waals surface area contributed by atoms with Crippen LogP contribution in [-0.4, -0.2) is 56.1 Å². The molecule has 1 fully saturated rings. The predicted octanol–water partition coefficient (Wildman–Crippen LogP) is 0.727. The van der Waals surface area contributed by atoms with Crippen molar-refractivity contribution in [2.75, 3.05) is 44.7 Å². The van der Waals surface area contributed by atoms with Gasteiger partial charge in [0.05, 0.1) is 23.9 Å². The van der Waals surface area contributed by atoms with Crippen LogP contribution in [0.1, 0.15) is 0 Å². The third kappa shape index (κ3) is 5.00. The van der Waals surface area contributed by atoms with Crippen molar-refractivity contribution in [3.8, 4) is 0 Å². The Kier molecular flexibility index (Phi) is 5.98. The molecule has 2 N–H and O–H groups in total. The van der Waals surface area contributed by atoms with Crippen molar-refractivity contribution in [2.45, 2.75) is 0 Å². The molecule has 1 aliphatic rings. The SMILES string of the molecule is O=C(NCCN1CCOCC1)C(=O)Nc1ccccc1Cl. The van der Waals surface area contributed by atoms with E-state index in [0.29, 0.717) is 37.0 Å². The lowest BCUT2D eigenvalue weighted by molar-refractivity contribution is -0.136. The highest BCUT2D eigenvalue weighted by atomic mass is 35.5. The number of nitrogens with zero attached hydrogens (tertiary/aromatic N) is 1. The van der Waals surface area contributed by atoms with Gasteiger partial charge in [-0.05, 0) is 12.1 Å². The first-order chi connectivity index (χ1) is 10.2. The van der Waals surface area contributed by atoms with Crippen LogP contribution < -0.4 is 10.6 Å². The molecule has 0 aliphatic carbocycles. The Morgan fingerprint density at radius 3 is 2.62 bits per heavy atom. The molecule has 0 unspecified atom stereocenters. The zero-order valence-corrected chi connectivity index (χ0v) is 12.4. The van der Waals surface area contributed by atoms with E-state index >= 15 is 0 Å².